The normalized spacial score (nSPS) is 22.1. The van der Waals surface area contributed by atoms with E-state index in [2.05, 4.69) is 22.4 Å². The molecule has 0 aliphatic carbocycles. The smallest absolute Gasteiger partial charge is 0.410 e. The zero-order valence-corrected chi connectivity index (χ0v) is 14.7. The van der Waals surface area contributed by atoms with E-state index in [1.807, 2.05) is 36.4 Å². The third-order valence-corrected chi connectivity index (χ3v) is 5.43. The van der Waals surface area contributed by atoms with Gasteiger partial charge in [-0.05, 0) is 11.6 Å². The van der Waals surface area contributed by atoms with Gasteiger partial charge in [0.1, 0.15) is 6.61 Å². The molecule has 1 amide bonds. The number of hydrogen-bond acceptors (Lipinski definition) is 5. The number of fused-ring (bicyclic) bond motifs is 1. The fraction of sp³-hybridized carbons (Fsp3) is 0.389. The zero-order chi connectivity index (χ0) is 17.4. The van der Waals surface area contributed by atoms with Crippen LogP contribution in [0.25, 0.3) is 0 Å². The largest absolute Gasteiger partial charge is 0.445 e. The number of rotatable bonds is 3. The molecule has 0 radical (unpaired) electrons. The van der Waals surface area contributed by atoms with Gasteiger partial charge in [-0.2, -0.15) is 0 Å². The average molecular weight is 359 g/mol. The second-order valence-electron chi connectivity index (χ2n) is 6.84. The summed E-state index contributed by atoms with van der Waals surface area (Å²) in [4.78, 5) is 14.0. The average Bonchev–Trinajstić information content (AvgIpc) is 2.90. The van der Waals surface area contributed by atoms with Crippen molar-refractivity contribution in [3.05, 3.63) is 52.7 Å². The highest BCUT2D eigenvalue weighted by atomic mass is 35.5. The van der Waals surface area contributed by atoms with Crippen LogP contribution in [0.5, 0.6) is 0 Å². The molecule has 6 nitrogen and oxygen atoms in total. The van der Waals surface area contributed by atoms with Gasteiger partial charge < -0.3 is 15.0 Å². The third-order valence-electron chi connectivity index (χ3n) is 5.25. The summed E-state index contributed by atoms with van der Waals surface area (Å²) >= 11 is 6.01. The molecule has 1 fully saturated rings. The molecule has 25 heavy (non-hydrogen) atoms. The highest BCUT2D eigenvalue weighted by Gasteiger charge is 2.49. The number of nitrogens with one attached hydrogen (secondary N) is 1. The highest BCUT2D eigenvalue weighted by Crippen LogP contribution is 2.44. The molecule has 2 aliphatic rings. The molecule has 4 rings (SSSR count). The number of hydrogen-bond donors (Lipinski definition) is 1. The van der Waals surface area contributed by atoms with E-state index in [-0.39, 0.29) is 11.5 Å². The van der Waals surface area contributed by atoms with Gasteiger partial charge in [0.25, 0.3) is 0 Å². The van der Waals surface area contributed by atoms with Crippen LogP contribution in [0.3, 0.4) is 0 Å². The predicted molar refractivity (Wildman–Crippen MR) is 94.6 cm³/mol. The first-order chi connectivity index (χ1) is 12.1. The summed E-state index contributed by atoms with van der Waals surface area (Å²) in [5, 5.41) is 11.7. The van der Waals surface area contributed by atoms with Gasteiger partial charge in [-0.15, -0.1) is 10.2 Å². The molecular weight excluding hydrogens is 340 g/mol. The van der Waals surface area contributed by atoms with E-state index in [9.17, 15) is 4.79 Å². The SMILES string of the molecule is CC1(C2CN(C(=O)OCc3ccccc3)C2)CNc2nnc(Cl)cc21. The lowest BCUT2D eigenvalue weighted by Gasteiger charge is -2.46. The molecule has 130 valence electrons. The lowest BCUT2D eigenvalue weighted by molar-refractivity contribution is 0.0275. The number of aromatic nitrogens is 2. The molecule has 0 spiro atoms. The molecule has 0 bridgehead atoms. The van der Waals surface area contributed by atoms with Crippen molar-refractivity contribution in [2.45, 2.75) is 18.9 Å². The minimum absolute atomic E-state index is 0.106. The van der Waals surface area contributed by atoms with E-state index in [4.69, 9.17) is 16.3 Å². The number of amides is 1. The molecule has 1 unspecified atom stereocenters. The van der Waals surface area contributed by atoms with Crippen LogP contribution in [0.1, 0.15) is 18.1 Å². The molecule has 2 aromatic rings. The molecule has 1 atom stereocenters. The van der Waals surface area contributed by atoms with Crippen LogP contribution in [-0.4, -0.2) is 40.8 Å². The number of anilines is 1. The maximum Gasteiger partial charge on any atom is 0.410 e. The quantitative estimate of drug-likeness (QED) is 0.913. The van der Waals surface area contributed by atoms with Crippen LogP contribution in [0.4, 0.5) is 10.6 Å². The first-order valence-electron chi connectivity index (χ1n) is 8.29. The van der Waals surface area contributed by atoms with Crippen LogP contribution >= 0.6 is 11.6 Å². The number of halogens is 1. The molecule has 1 aromatic heterocycles. The number of carbonyl (C=O) groups is 1. The van der Waals surface area contributed by atoms with Crippen LogP contribution in [-0.2, 0) is 16.8 Å². The predicted octanol–water partition coefficient (Wildman–Crippen LogP) is 3.08. The van der Waals surface area contributed by atoms with Gasteiger partial charge >= 0.3 is 6.09 Å². The first kappa shape index (κ1) is 16.1. The molecule has 0 saturated carbocycles. The molecule has 7 heteroatoms. The number of carbonyl (C=O) groups excluding carboxylic acids is 1. The summed E-state index contributed by atoms with van der Waals surface area (Å²) in [6.07, 6.45) is -0.263. The minimum atomic E-state index is -0.263. The number of ether oxygens (including phenoxy) is 1. The fourth-order valence-corrected chi connectivity index (χ4v) is 3.65. The van der Waals surface area contributed by atoms with E-state index in [0.717, 1.165) is 23.5 Å². The van der Waals surface area contributed by atoms with Crippen LogP contribution in [0.2, 0.25) is 5.15 Å². The Morgan fingerprint density at radius 1 is 1.36 bits per heavy atom. The maximum absolute atomic E-state index is 12.2. The standard InChI is InChI=1S/C18H19ClN4O2/c1-18(11-20-16-14(18)7-15(19)21-22-16)13-8-23(9-13)17(24)25-10-12-5-3-2-4-6-12/h2-7,13H,8-11H2,1H3,(H,20,22). The molecule has 1 N–H and O–H groups in total. The number of benzene rings is 1. The van der Waals surface area contributed by atoms with Crippen molar-refractivity contribution in [2.24, 2.45) is 5.92 Å². The van der Waals surface area contributed by atoms with Crippen molar-refractivity contribution >= 4 is 23.5 Å². The molecule has 1 aromatic carbocycles. The Morgan fingerprint density at radius 3 is 2.88 bits per heavy atom. The Bertz CT molecular complexity index is 795. The Morgan fingerprint density at radius 2 is 2.12 bits per heavy atom. The third kappa shape index (κ3) is 2.91. The highest BCUT2D eigenvalue weighted by molar-refractivity contribution is 6.29. The van der Waals surface area contributed by atoms with Crippen molar-refractivity contribution in [1.29, 1.82) is 0 Å². The second kappa shape index (κ2) is 6.19. The van der Waals surface area contributed by atoms with Crippen molar-refractivity contribution in [3.63, 3.8) is 0 Å². The summed E-state index contributed by atoms with van der Waals surface area (Å²) in [5.74, 6) is 1.13. The topological polar surface area (TPSA) is 67.3 Å². The van der Waals surface area contributed by atoms with E-state index in [0.29, 0.717) is 30.8 Å². The Kier molecular flexibility index (Phi) is 4.00. The van der Waals surface area contributed by atoms with Crippen LogP contribution in [0.15, 0.2) is 36.4 Å². The Hall–Kier alpha value is -2.34. The summed E-state index contributed by atoms with van der Waals surface area (Å²) in [6.45, 7) is 4.60. The van der Waals surface area contributed by atoms with Gasteiger partial charge in [0.15, 0.2) is 11.0 Å². The first-order valence-corrected chi connectivity index (χ1v) is 8.67. The molecule has 3 heterocycles. The molecule has 1 saturated heterocycles. The minimum Gasteiger partial charge on any atom is -0.445 e. The van der Waals surface area contributed by atoms with E-state index >= 15 is 0 Å². The number of nitrogens with zero attached hydrogens (tertiary/aromatic N) is 3. The number of likely N-dealkylation sites (tertiary alicyclic amines) is 1. The zero-order valence-electron chi connectivity index (χ0n) is 13.9. The maximum atomic E-state index is 12.2. The van der Waals surface area contributed by atoms with Crippen molar-refractivity contribution < 1.29 is 9.53 Å². The molecule has 2 aliphatic heterocycles. The van der Waals surface area contributed by atoms with Crippen LogP contribution in [0, 0.1) is 5.92 Å². The fourth-order valence-electron chi connectivity index (χ4n) is 3.50. The van der Waals surface area contributed by atoms with Crippen molar-refractivity contribution in [2.75, 3.05) is 25.0 Å². The van der Waals surface area contributed by atoms with Crippen molar-refractivity contribution in [3.8, 4) is 0 Å². The lowest BCUT2D eigenvalue weighted by Crippen LogP contribution is -2.58. The molecular formula is C18H19ClN4O2. The van der Waals surface area contributed by atoms with Gasteiger partial charge in [0, 0.05) is 36.5 Å². The van der Waals surface area contributed by atoms with Gasteiger partial charge in [0.05, 0.1) is 0 Å². The van der Waals surface area contributed by atoms with Crippen molar-refractivity contribution in [1.82, 2.24) is 15.1 Å². The van der Waals surface area contributed by atoms with Gasteiger partial charge in [-0.25, -0.2) is 4.79 Å². The second-order valence-corrected chi connectivity index (χ2v) is 7.23. The van der Waals surface area contributed by atoms with E-state index in [1.165, 1.54) is 0 Å². The van der Waals surface area contributed by atoms with Crippen LogP contribution < -0.4 is 5.32 Å². The monoisotopic (exact) mass is 358 g/mol. The lowest BCUT2D eigenvalue weighted by atomic mass is 9.70. The summed E-state index contributed by atoms with van der Waals surface area (Å²) in [7, 11) is 0. The Labute approximate surface area is 151 Å². The van der Waals surface area contributed by atoms with Gasteiger partial charge in [-0.1, -0.05) is 48.9 Å². The van der Waals surface area contributed by atoms with Gasteiger partial charge in [-0.3, -0.25) is 0 Å². The van der Waals surface area contributed by atoms with Gasteiger partial charge in [0.2, 0.25) is 0 Å². The van der Waals surface area contributed by atoms with E-state index < -0.39 is 0 Å². The summed E-state index contributed by atoms with van der Waals surface area (Å²) in [5.41, 5.74) is 1.96. The summed E-state index contributed by atoms with van der Waals surface area (Å²) < 4.78 is 5.39. The Balaban J connectivity index is 1.36. The van der Waals surface area contributed by atoms with E-state index in [1.54, 1.807) is 4.90 Å². The summed E-state index contributed by atoms with van der Waals surface area (Å²) in [6, 6.07) is 11.6.